The van der Waals surface area contributed by atoms with Crippen LogP contribution in [0.3, 0.4) is 0 Å². The van der Waals surface area contributed by atoms with Gasteiger partial charge in [-0.2, -0.15) is 0 Å². The van der Waals surface area contributed by atoms with Gasteiger partial charge in [-0.1, -0.05) is 0 Å². The van der Waals surface area contributed by atoms with E-state index < -0.39 is 6.04 Å². The van der Waals surface area contributed by atoms with E-state index in [1.807, 2.05) is 0 Å². The van der Waals surface area contributed by atoms with Crippen LogP contribution in [0, 0.1) is 0 Å². The van der Waals surface area contributed by atoms with Crippen LogP contribution < -0.4 is 5.73 Å². The molecule has 0 rings (SSSR count). The van der Waals surface area contributed by atoms with Crippen LogP contribution in [-0.2, 0) is 14.3 Å². The van der Waals surface area contributed by atoms with Crippen molar-refractivity contribution < 1.29 is 14.3 Å². The van der Waals surface area contributed by atoms with Crippen LogP contribution in [-0.4, -0.2) is 24.4 Å². The molecule has 0 fully saturated rings. The number of esters is 1. The first kappa shape index (κ1) is 13.9. The Morgan fingerprint density at radius 2 is 2.00 bits per heavy atom. The number of rotatable bonds is 4. The van der Waals surface area contributed by atoms with Gasteiger partial charge in [-0.3, -0.25) is 9.59 Å². The molecule has 72 valence electrons. The van der Waals surface area contributed by atoms with E-state index in [2.05, 4.69) is 4.74 Å². The van der Waals surface area contributed by atoms with Gasteiger partial charge in [-0.25, -0.2) is 0 Å². The van der Waals surface area contributed by atoms with E-state index in [1.54, 1.807) is 6.92 Å². The molecule has 0 aromatic carbocycles. The van der Waals surface area contributed by atoms with Gasteiger partial charge in [-0.05, 0) is 6.92 Å². The van der Waals surface area contributed by atoms with Gasteiger partial charge >= 0.3 is 5.97 Å². The molecule has 0 aliphatic rings. The highest BCUT2D eigenvalue weighted by molar-refractivity contribution is 5.85. The Morgan fingerprint density at radius 3 is 2.33 bits per heavy atom. The van der Waals surface area contributed by atoms with Crippen LogP contribution in [0.5, 0.6) is 0 Å². The molecule has 0 spiro atoms. The molecule has 1 unspecified atom stereocenters. The molecule has 0 saturated heterocycles. The predicted octanol–water partition coefficient (Wildman–Crippen LogP) is 0.278. The number of hydrogen-bond donors (Lipinski definition) is 1. The summed E-state index contributed by atoms with van der Waals surface area (Å²) in [7, 11) is 0. The van der Waals surface area contributed by atoms with Gasteiger partial charge in [0, 0.05) is 13.3 Å². The fraction of sp³-hybridized carbons (Fsp3) is 0.714. The second-order valence-corrected chi connectivity index (χ2v) is 2.35. The number of nitrogens with two attached hydrogens (primary N) is 1. The highest BCUT2D eigenvalue weighted by Crippen LogP contribution is 1.89. The van der Waals surface area contributed by atoms with Crippen molar-refractivity contribution in [3.8, 4) is 0 Å². The Hall–Kier alpha value is -0.610. The largest absolute Gasteiger partial charge is 0.465 e. The summed E-state index contributed by atoms with van der Waals surface area (Å²) < 4.78 is 4.55. The lowest BCUT2D eigenvalue weighted by Crippen LogP contribution is -2.27. The molecule has 0 aromatic rings. The molecule has 1 atom stereocenters. The van der Waals surface area contributed by atoms with Gasteiger partial charge in [0.05, 0.1) is 12.6 Å². The smallest absolute Gasteiger partial charge is 0.302 e. The van der Waals surface area contributed by atoms with Crippen molar-refractivity contribution in [1.29, 1.82) is 0 Å². The SMILES string of the molecule is CC(=O)OCCC(=O)C(C)N.Cl. The Kier molecular flexibility index (Phi) is 8.21. The molecule has 2 N–H and O–H groups in total. The third-order valence-electron chi connectivity index (χ3n) is 1.16. The first-order valence-corrected chi connectivity index (χ1v) is 3.45. The van der Waals surface area contributed by atoms with Crippen molar-refractivity contribution in [2.24, 2.45) is 5.73 Å². The van der Waals surface area contributed by atoms with E-state index in [9.17, 15) is 9.59 Å². The van der Waals surface area contributed by atoms with Crippen molar-refractivity contribution in [1.82, 2.24) is 0 Å². The normalized spacial score (nSPS) is 11.2. The summed E-state index contributed by atoms with van der Waals surface area (Å²) in [4.78, 5) is 21.0. The van der Waals surface area contributed by atoms with Crippen LogP contribution in [0.1, 0.15) is 20.3 Å². The molecule has 0 saturated carbocycles. The minimum atomic E-state index is -0.467. The summed E-state index contributed by atoms with van der Waals surface area (Å²) in [6.07, 6.45) is 0.206. The third kappa shape index (κ3) is 7.50. The fourth-order valence-corrected chi connectivity index (χ4v) is 0.523. The molecule has 12 heavy (non-hydrogen) atoms. The summed E-state index contributed by atoms with van der Waals surface area (Å²) in [5.74, 6) is -0.464. The molecule has 4 nitrogen and oxygen atoms in total. The molecule has 0 aliphatic heterocycles. The van der Waals surface area contributed by atoms with E-state index in [0.29, 0.717) is 0 Å². The van der Waals surface area contributed by atoms with Crippen molar-refractivity contribution in [3.05, 3.63) is 0 Å². The topological polar surface area (TPSA) is 69.4 Å². The number of carbonyl (C=O) groups excluding carboxylic acids is 2. The lowest BCUT2D eigenvalue weighted by atomic mass is 10.2. The summed E-state index contributed by atoms with van der Waals surface area (Å²) in [6, 6.07) is -0.467. The zero-order chi connectivity index (χ0) is 8.85. The number of carbonyl (C=O) groups is 2. The van der Waals surface area contributed by atoms with E-state index in [4.69, 9.17) is 5.73 Å². The summed E-state index contributed by atoms with van der Waals surface area (Å²) in [6.45, 7) is 3.04. The number of halogens is 1. The van der Waals surface area contributed by atoms with Gasteiger partial charge in [0.1, 0.15) is 0 Å². The molecule has 5 heteroatoms. The Bertz CT molecular complexity index is 159. The quantitative estimate of drug-likeness (QED) is 0.655. The van der Waals surface area contributed by atoms with Gasteiger partial charge in [-0.15, -0.1) is 12.4 Å². The second kappa shape index (κ2) is 7.06. The van der Waals surface area contributed by atoms with Crippen molar-refractivity contribution in [3.63, 3.8) is 0 Å². The number of ether oxygens (including phenoxy) is 1. The zero-order valence-corrected chi connectivity index (χ0v) is 8.02. The maximum atomic E-state index is 10.8. The molecule has 0 amide bonds. The third-order valence-corrected chi connectivity index (χ3v) is 1.16. The highest BCUT2D eigenvalue weighted by Gasteiger charge is 2.07. The number of ketones is 1. The summed E-state index contributed by atoms with van der Waals surface area (Å²) in [5.41, 5.74) is 5.26. The Labute approximate surface area is 77.9 Å². The predicted molar refractivity (Wildman–Crippen MR) is 47.2 cm³/mol. The van der Waals surface area contributed by atoms with Crippen molar-refractivity contribution in [2.75, 3.05) is 6.61 Å². The standard InChI is InChI=1S/C7H13NO3.ClH/c1-5(8)7(10)3-4-11-6(2)9;/h5H,3-4,8H2,1-2H3;1H. The first-order chi connectivity index (χ1) is 5.04. The average Bonchev–Trinajstić information content (AvgIpc) is 1.86. The Morgan fingerprint density at radius 1 is 1.50 bits per heavy atom. The molecule has 0 bridgehead atoms. The first-order valence-electron chi connectivity index (χ1n) is 3.45. The monoisotopic (exact) mass is 195 g/mol. The van der Waals surface area contributed by atoms with Gasteiger partial charge in [0.2, 0.25) is 0 Å². The molecule has 0 aliphatic carbocycles. The fourth-order valence-electron chi connectivity index (χ4n) is 0.523. The second-order valence-electron chi connectivity index (χ2n) is 2.35. The van der Waals surface area contributed by atoms with E-state index in [1.165, 1.54) is 6.92 Å². The Balaban J connectivity index is 0. The van der Waals surface area contributed by atoms with Crippen LogP contribution in [0.4, 0.5) is 0 Å². The van der Waals surface area contributed by atoms with E-state index in [-0.39, 0.29) is 37.2 Å². The van der Waals surface area contributed by atoms with Gasteiger partial charge in [0.15, 0.2) is 5.78 Å². The van der Waals surface area contributed by atoms with Crippen molar-refractivity contribution in [2.45, 2.75) is 26.3 Å². The molecular formula is C7H14ClNO3. The summed E-state index contributed by atoms with van der Waals surface area (Å²) >= 11 is 0. The van der Waals surface area contributed by atoms with Crippen LogP contribution >= 0.6 is 12.4 Å². The van der Waals surface area contributed by atoms with Crippen LogP contribution in [0.15, 0.2) is 0 Å². The van der Waals surface area contributed by atoms with Crippen LogP contribution in [0.2, 0.25) is 0 Å². The maximum Gasteiger partial charge on any atom is 0.302 e. The molecule has 0 aromatic heterocycles. The van der Waals surface area contributed by atoms with Gasteiger partial charge in [0.25, 0.3) is 0 Å². The molecule has 0 radical (unpaired) electrons. The van der Waals surface area contributed by atoms with E-state index in [0.717, 1.165) is 0 Å². The minimum Gasteiger partial charge on any atom is -0.465 e. The highest BCUT2D eigenvalue weighted by atomic mass is 35.5. The minimum absolute atomic E-state index is 0. The summed E-state index contributed by atoms with van der Waals surface area (Å²) in [5, 5.41) is 0. The van der Waals surface area contributed by atoms with E-state index >= 15 is 0 Å². The van der Waals surface area contributed by atoms with Gasteiger partial charge < -0.3 is 10.5 Å². The lowest BCUT2D eigenvalue weighted by molar-refractivity contribution is -0.141. The maximum absolute atomic E-state index is 10.8. The zero-order valence-electron chi connectivity index (χ0n) is 7.20. The lowest BCUT2D eigenvalue weighted by Gasteiger charge is -2.03. The van der Waals surface area contributed by atoms with Crippen LogP contribution in [0.25, 0.3) is 0 Å². The average molecular weight is 196 g/mol. The molecular weight excluding hydrogens is 182 g/mol. The number of Topliss-reactive ketones (excluding diaryl/α,β-unsaturated/α-hetero) is 1. The molecule has 0 heterocycles. The van der Waals surface area contributed by atoms with Crippen molar-refractivity contribution >= 4 is 24.2 Å². The number of hydrogen-bond acceptors (Lipinski definition) is 4.